The topological polar surface area (TPSA) is 73.8 Å². The Balaban J connectivity index is 2.14. The summed E-state index contributed by atoms with van der Waals surface area (Å²) in [6.45, 7) is 0. The fourth-order valence-corrected chi connectivity index (χ4v) is 3.34. The highest BCUT2D eigenvalue weighted by Crippen LogP contribution is 2.33. The highest BCUT2D eigenvalue weighted by molar-refractivity contribution is 7.99. The molecule has 0 bridgehead atoms. The van der Waals surface area contributed by atoms with E-state index in [1.54, 1.807) is 18.2 Å². The summed E-state index contributed by atoms with van der Waals surface area (Å²) in [4.78, 5) is 11.1. The molecule has 1 amide bonds. The van der Waals surface area contributed by atoms with E-state index in [1.807, 2.05) is 34.9 Å². The Hall–Kier alpha value is -2.02. The van der Waals surface area contributed by atoms with Gasteiger partial charge in [0.25, 0.3) is 0 Å². The van der Waals surface area contributed by atoms with E-state index in [4.69, 9.17) is 28.9 Å². The number of nitrogens with two attached hydrogens (primary N) is 1. The van der Waals surface area contributed by atoms with Crippen LogP contribution in [0.25, 0.3) is 17.1 Å². The van der Waals surface area contributed by atoms with Crippen molar-refractivity contribution >= 4 is 40.9 Å². The molecule has 0 aliphatic rings. The quantitative estimate of drug-likeness (QED) is 0.684. The van der Waals surface area contributed by atoms with Gasteiger partial charge in [0.1, 0.15) is 0 Å². The molecule has 5 nitrogen and oxygen atoms in total. The largest absolute Gasteiger partial charge is 0.369 e. The highest BCUT2D eigenvalue weighted by atomic mass is 35.5. The Morgan fingerprint density at radius 1 is 1.12 bits per heavy atom. The third-order valence-electron chi connectivity index (χ3n) is 3.16. The van der Waals surface area contributed by atoms with E-state index in [2.05, 4.69) is 10.2 Å². The third kappa shape index (κ3) is 3.56. The van der Waals surface area contributed by atoms with E-state index in [0.717, 1.165) is 5.69 Å². The van der Waals surface area contributed by atoms with Crippen LogP contribution in [0.5, 0.6) is 0 Å². The van der Waals surface area contributed by atoms with Crippen molar-refractivity contribution in [1.29, 1.82) is 0 Å². The van der Waals surface area contributed by atoms with Gasteiger partial charge in [0.2, 0.25) is 5.91 Å². The second-order valence-electron chi connectivity index (χ2n) is 4.86. The molecule has 24 heavy (non-hydrogen) atoms. The molecule has 2 N–H and O–H groups in total. The Kier molecular flexibility index (Phi) is 5.08. The zero-order valence-electron chi connectivity index (χ0n) is 12.3. The monoisotopic (exact) mass is 378 g/mol. The van der Waals surface area contributed by atoms with Gasteiger partial charge in [0.05, 0.1) is 10.8 Å². The molecule has 0 atom stereocenters. The zero-order valence-corrected chi connectivity index (χ0v) is 14.6. The van der Waals surface area contributed by atoms with Gasteiger partial charge in [-0.05, 0) is 30.3 Å². The smallest absolute Gasteiger partial charge is 0.227 e. The molecule has 2 aromatic carbocycles. The Labute approximate surface area is 152 Å². The van der Waals surface area contributed by atoms with Crippen LogP contribution in [0.1, 0.15) is 0 Å². The molecule has 1 heterocycles. The first-order chi connectivity index (χ1) is 11.6. The number of hydrogen-bond acceptors (Lipinski definition) is 4. The molecule has 122 valence electrons. The number of primary amides is 1. The van der Waals surface area contributed by atoms with Crippen molar-refractivity contribution < 1.29 is 4.79 Å². The van der Waals surface area contributed by atoms with Crippen LogP contribution in [0.2, 0.25) is 10.0 Å². The number of halogens is 2. The fraction of sp³-hybridized carbons (Fsp3) is 0.0625. The molecule has 1 aromatic heterocycles. The molecule has 8 heteroatoms. The Morgan fingerprint density at radius 2 is 1.88 bits per heavy atom. The second-order valence-corrected chi connectivity index (χ2v) is 6.64. The van der Waals surface area contributed by atoms with Crippen LogP contribution in [0, 0.1) is 0 Å². The summed E-state index contributed by atoms with van der Waals surface area (Å²) in [5, 5.41) is 9.99. The zero-order chi connectivity index (χ0) is 17.1. The van der Waals surface area contributed by atoms with Gasteiger partial charge >= 0.3 is 0 Å². The summed E-state index contributed by atoms with van der Waals surface area (Å²) in [6, 6.07) is 14.8. The van der Waals surface area contributed by atoms with Gasteiger partial charge in [0.15, 0.2) is 11.0 Å². The van der Waals surface area contributed by atoms with Crippen LogP contribution in [-0.2, 0) is 4.79 Å². The van der Waals surface area contributed by atoms with E-state index in [0.29, 0.717) is 26.6 Å². The minimum Gasteiger partial charge on any atom is -0.369 e. The minimum absolute atomic E-state index is 0.110. The lowest BCUT2D eigenvalue weighted by Gasteiger charge is -2.11. The number of hydrogen-bond donors (Lipinski definition) is 1. The molecule has 0 aliphatic heterocycles. The minimum atomic E-state index is -0.423. The van der Waals surface area contributed by atoms with Crippen molar-refractivity contribution in [3.63, 3.8) is 0 Å². The number of para-hydroxylation sites is 1. The van der Waals surface area contributed by atoms with Crippen LogP contribution in [0.4, 0.5) is 0 Å². The summed E-state index contributed by atoms with van der Waals surface area (Å²) in [6.07, 6.45) is 0. The highest BCUT2D eigenvalue weighted by Gasteiger charge is 2.18. The predicted octanol–water partition coefficient (Wildman–Crippen LogP) is 3.82. The molecule has 0 unspecified atom stereocenters. The normalized spacial score (nSPS) is 10.8. The van der Waals surface area contributed by atoms with Gasteiger partial charge in [-0.1, -0.05) is 53.2 Å². The third-order valence-corrected chi connectivity index (χ3v) is 4.66. The standard InChI is InChI=1S/C16H12Cl2N4OS/c17-10-6-7-12(13(18)8-10)15-20-21-16(24-9-14(19)23)22(15)11-4-2-1-3-5-11/h1-8H,9H2,(H2,19,23). The number of nitrogens with zero attached hydrogens (tertiary/aromatic N) is 3. The first-order valence-corrected chi connectivity index (χ1v) is 8.68. The maximum atomic E-state index is 11.1. The number of thioether (sulfide) groups is 1. The van der Waals surface area contributed by atoms with Gasteiger partial charge in [0, 0.05) is 16.3 Å². The van der Waals surface area contributed by atoms with Gasteiger partial charge in [-0.3, -0.25) is 9.36 Å². The van der Waals surface area contributed by atoms with Gasteiger partial charge in [-0.15, -0.1) is 10.2 Å². The van der Waals surface area contributed by atoms with Crippen molar-refractivity contribution in [2.24, 2.45) is 5.73 Å². The maximum Gasteiger partial charge on any atom is 0.227 e. The average Bonchev–Trinajstić information content (AvgIpc) is 2.97. The van der Waals surface area contributed by atoms with Crippen LogP contribution >= 0.6 is 35.0 Å². The molecule has 0 fully saturated rings. The number of benzene rings is 2. The summed E-state index contributed by atoms with van der Waals surface area (Å²) >= 11 is 13.5. The second kappa shape index (κ2) is 7.25. The van der Waals surface area contributed by atoms with E-state index >= 15 is 0 Å². The Morgan fingerprint density at radius 3 is 2.54 bits per heavy atom. The van der Waals surface area contributed by atoms with Gasteiger partial charge < -0.3 is 5.73 Å². The van der Waals surface area contributed by atoms with Crippen molar-refractivity contribution in [2.45, 2.75) is 5.16 Å². The predicted molar refractivity (Wildman–Crippen MR) is 96.7 cm³/mol. The first kappa shape index (κ1) is 16.8. The molecular weight excluding hydrogens is 367 g/mol. The molecule has 0 saturated carbocycles. The van der Waals surface area contributed by atoms with Crippen molar-refractivity contribution in [1.82, 2.24) is 14.8 Å². The molecule has 0 aliphatic carbocycles. The van der Waals surface area contributed by atoms with Gasteiger partial charge in [-0.2, -0.15) is 0 Å². The number of rotatable bonds is 5. The molecule has 3 aromatic rings. The van der Waals surface area contributed by atoms with E-state index in [-0.39, 0.29) is 5.75 Å². The van der Waals surface area contributed by atoms with Crippen molar-refractivity contribution in [3.8, 4) is 17.1 Å². The Bertz CT molecular complexity index is 883. The number of amides is 1. The lowest BCUT2D eigenvalue weighted by atomic mass is 10.2. The number of carbonyl (C=O) groups excluding carboxylic acids is 1. The number of carbonyl (C=O) groups is 1. The van der Waals surface area contributed by atoms with Gasteiger partial charge in [-0.25, -0.2) is 0 Å². The first-order valence-electron chi connectivity index (χ1n) is 6.93. The summed E-state index contributed by atoms with van der Waals surface area (Å²) < 4.78 is 1.84. The van der Waals surface area contributed by atoms with E-state index < -0.39 is 5.91 Å². The lowest BCUT2D eigenvalue weighted by molar-refractivity contribution is -0.115. The lowest BCUT2D eigenvalue weighted by Crippen LogP contribution is -2.13. The SMILES string of the molecule is NC(=O)CSc1nnc(-c2ccc(Cl)cc2Cl)n1-c1ccccc1. The summed E-state index contributed by atoms with van der Waals surface area (Å²) in [5.41, 5.74) is 6.79. The molecule has 0 saturated heterocycles. The van der Waals surface area contributed by atoms with Crippen LogP contribution in [0.3, 0.4) is 0 Å². The van der Waals surface area contributed by atoms with Crippen LogP contribution < -0.4 is 5.73 Å². The van der Waals surface area contributed by atoms with Crippen LogP contribution in [-0.4, -0.2) is 26.4 Å². The maximum absolute atomic E-state index is 11.1. The van der Waals surface area contributed by atoms with E-state index in [1.165, 1.54) is 11.8 Å². The van der Waals surface area contributed by atoms with Crippen molar-refractivity contribution in [3.05, 3.63) is 58.6 Å². The molecule has 3 rings (SSSR count). The fourth-order valence-electron chi connectivity index (χ4n) is 2.15. The molecular formula is C16H12Cl2N4OS. The van der Waals surface area contributed by atoms with E-state index in [9.17, 15) is 4.79 Å². The number of aromatic nitrogens is 3. The summed E-state index contributed by atoms with van der Waals surface area (Å²) in [5.74, 6) is 0.253. The summed E-state index contributed by atoms with van der Waals surface area (Å²) in [7, 11) is 0. The average molecular weight is 379 g/mol. The molecule has 0 radical (unpaired) electrons. The van der Waals surface area contributed by atoms with Crippen molar-refractivity contribution in [2.75, 3.05) is 5.75 Å². The van der Waals surface area contributed by atoms with Crippen LogP contribution in [0.15, 0.2) is 53.7 Å². The molecule has 0 spiro atoms.